The summed E-state index contributed by atoms with van der Waals surface area (Å²) in [6.07, 6.45) is 8.98. The first-order chi connectivity index (χ1) is 15.7. The largest absolute Gasteiger partial charge is 0.343 e. The molecular formula is C28H36O4. The van der Waals surface area contributed by atoms with Crippen molar-refractivity contribution >= 4 is 0 Å². The van der Waals surface area contributed by atoms with Gasteiger partial charge in [0.1, 0.15) is 0 Å². The molecule has 2 aromatic carbocycles. The van der Waals surface area contributed by atoms with Crippen LogP contribution in [0.1, 0.15) is 88.0 Å². The summed E-state index contributed by atoms with van der Waals surface area (Å²) in [6.45, 7) is 2.79. The molecule has 3 aliphatic rings. The van der Waals surface area contributed by atoms with Crippen molar-refractivity contribution in [1.82, 2.24) is 0 Å². The summed E-state index contributed by atoms with van der Waals surface area (Å²) in [6, 6.07) is 21.1. The summed E-state index contributed by atoms with van der Waals surface area (Å²) in [5.74, 6) is -1.72. The van der Waals surface area contributed by atoms with E-state index >= 15 is 0 Å². The van der Waals surface area contributed by atoms with Gasteiger partial charge in [-0.25, -0.2) is 0 Å². The van der Waals surface area contributed by atoms with Crippen LogP contribution in [0.2, 0.25) is 0 Å². The molecule has 0 unspecified atom stereocenters. The lowest BCUT2D eigenvalue weighted by Crippen LogP contribution is -2.68. The van der Waals surface area contributed by atoms with E-state index in [2.05, 4.69) is 67.6 Å². The zero-order valence-corrected chi connectivity index (χ0v) is 19.2. The molecule has 0 aliphatic carbocycles. The van der Waals surface area contributed by atoms with Gasteiger partial charge in [-0.05, 0) is 43.2 Å². The molecule has 2 aromatic rings. The fourth-order valence-electron chi connectivity index (χ4n) is 5.60. The van der Waals surface area contributed by atoms with Crippen LogP contribution in [0.3, 0.4) is 0 Å². The van der Waals surface area contributed by atoms with Gasteiger partial charge in [0.25, 0.3) is 0 Å². The first-order valence-electron chi connectivity index (χ1n) is 12.5. The molecular weight excluding hydrogens is 400 g/mol. The minimum atomic E-state index is -0.865. The molecule has 0 N–H and O–H groups in total. The summed E-state index contributed by atoms with van der Waals surface area (Å²) < 4.78 is 27.3. The zero-order chi connectivity index (χ0) is 21.9. The minimum absolute atomic E-state index is 0.00156. The molecule has 0 aromatic heterocycles. The van der Waals surface area contributed by atoms with Gasteiger partial charge in [0.15, 0.2) is 0 Å². The highest BCUT2D eigenvalue weighted by molar-refractivity contribution is 5.20. The Kier molecular flexibility index (Phi) is 6.66. The lowest BCUT2D eigenvalue weighted by Gasteiger charge is -2.58. The third-order valence-corrected chi connectivity index (χ3v) is 7.27. The predicted octanol–water partition coefficient (Wildman–Crippen LogP) is 6.87. The van der Waals surface area contributed by atoms with Crippen LogP contribution in [-0.4, -0.2) is 24.3 Å². The molecule has 0 amide bonds. The van der Waals surface area contributed by atoms with Crippen LogP contribution in [0.15, 0.2) is 60.7 Å². The molecule has 0 radical (unpaired) electrons. The van der Waals surface area contributed by atoms with Crippen molar-refractivity contribution in [1.29, 1.82) is 0 Å². The predicted molar refractivity (Wildman–Crippen MR) is 124 cm³/mol. The number of rotatable bonds is 5. The summed E-state index contributed by atoms with van der Waals surface area (Å²) in [4.78, 5) is 0. The minimum Gasteiger partial charge on any atom is -0.343 e. The molecule has 3 aliphatic heterocycles. The first-order valence-corrected chi connectivity index (χ1v) is 12.5. The van der Waals surface area contributed by atoms with Crippen LogP contribution < -0.4 is 0 Å². The third-order valence-electron chi connectivity index (χ3n) is 7.27. The van der Waals surface area contributed by atoms with E-state index in [9.17, 15) is 0 Å². The normalized spacial score (nSPS) is 35.2. The van der Waals surface area contributed by atoms with Crippen LogP contribution in [0.4, 0.5) is 0 Å². The van der Waals surface area contributed by atoms with Crippen molar-refractivity contribution < 1.29 is 18.9 Å². The Morgan fingerprint density at radius 1 is 0.750 bits per heavy atom. The van der Waals surface area contributed by atoms with Gasteiger partial charge < -0.3 is 18.9 Å². The molecule has 5 rings (SSSR count). The smallest absolute Gasteiger partial charge is 0.224 e. The van der Waals surface area contributed by atoms with Crippen molar-refractivity contribution in [3.05, 3.63) is 71.8 Å². The van der Waals surface area contributed by atoms with E-state index in [1.165, 1.54) is 11.1 Å². The van der Waals surface area contributed by atoms with Crippen LogP contribution in [0.5, 0.6) is 0 Å². The lowest BCUT2D eigenvalue weighted by molar-refractivity contribution is -0.483. The quantitative estimate of drug-likeness (QED) is 0.513. The average molecular weight is 437 g/mol. The molecule has 4 nitrogen and oxygen atoms in total. The molecule has 3 fully saturated rings. The second-order valence-corrected chi connectivity index (χ2v) is 9.52. The topological polar surface area (TPSA) is 36.9 Å². The highest BCUT2D eigenvalue weighted by Crippen LogP contribution is 2.54. The van der Waals surface area contributed by atoms with Gasteiger partial charge in [-0.3, -0.25) is 0 Å². The molecule has 32 heavy (non-hydrogen) atoms. The van der Waals surface area contributed by atoms with Gasteiger partial charge in [-0.1, -0.05) is 80.4 Å². The van der Waals surface area contributed by atoms with Gasteiger partial charge in [-0.2, -0.15) is 0 Å². The monoisotopic (exact) mass is 436 g/mol. The first kappa shape index (κ1) is 22.1. The van der Waals surface area contributed by atoms with E-state index in [4.69, 9.17) is 18.9 Å². The lowest BCUT2D eigenvalue weighted by atomic mass is 9.84. The van der Waals surface area contributed by atoms with Gasteiger partial charge >= 0.3 is 0 Å². The molecule has 0 bridgehead atoms. The Hall–Kier alpha value is -1.72. The second-order valence-electron chi connectivity index (χ2n) is 9.52. The Balaban J connectivity index is 1.46. The van der Waals surface area contributed by atoms with E-state index < -0.39 is 11.6 Å². The summed E-state index contributed by atoms with van der Waals surface area (Å²) in [5.41, 5.74) is 2.41. The molecule has 2 spiro atoms. The van der Waals surface area contributed by atoms with Crippen molar-refractivity contribution in [3.8, 4) is 0 Å². The summed E-state index contributed by atoms with van der Waals surface area (Å²) in [7, 11) is 0. The Morgan fingerprint density at radius 3 is 1.91 bits per heavy atom. The molecule has 3 saturated heterocycles. The third kappa shape index (κ3) is 4.26. The molecule has 4 heteroatoms. The Bertz CT molecular complexity index is 856. The van der Waals surface area contributed by atoms with E-state index in [0.717, 1.165) is 57.8 Å². The van der Waals surface area contributed by atoms with Gasteiger partial charge in [0.05, 0.1) is 24.9 Å². The van der Waals surface area contributed by atoms with Gasteiger partial charge in [0.2, 0.25) is 11.6 Å². The number of hydrogen-bond acceptors (Lipinski definition) is 4. The summed E-state index contributed by atoms with van der Waals surface area (Å²) in [5, 5.41) is 0. The van der Waals surface area contributed by atoms with Gasteiger partial charge in [-0.15, -0.1) is 0 Å². The molecule has 5 atom stereocenters. The van der Waals surface area contributed by atoms with Crippen molar-refractivity contribution in [2.24, 2.45) is 0 Å². The van der Waals surface area contributed by atoms with Crippen LogP contribution in [0, 0.1) is 0 Å². The summed E-state index contributed by atoms with van der Waals surface area (Å²) >= 11 is 0. The highest BCUT2D eigenvalue weighted by Gasteiger charge is 2.63. The standard InChI is InChI=1S/C28H36O4/c1-2-3-16-24-21-29-27(19-10-17-25(31-27)22-12-6-4-7-13-22)28(30-24)20-11-18-26(32-28)23-14-8-5-9-15-23/h4-9,12-15,24-26H,2-3,10-11,16-21H2,1H3/t24-,25+,26+,27+,28+/m1/s1. The van der Waals surface area contributed by atoms with Crippen LogP contribution in [-0.2, 0) is 18.9 Å². The van der Waals surface area contributed by atoms with Crippen molar-refractivity contribution in [2.75, 3.05) is 6.61 Å². The maximum absolute atomic E-state index is 6.92. The van der Waals surface area contributed by atoms with E-state index in [0.29, 0.717) is 6.61 Å². The van der Waals surface area contributed by atoms with Crippen LogP contribution >= 0.6 is 0 Å². The average Bonchev–Trinajstić information content (AvgIpc) is 2.86. The Morgan fingerprint density at radius 2 is 1.31 bits per heavy atom. The van der Waals surface area contributed by atoms with Crippen molar-refractivity contribution in [2.45, 2.75) is 94.6 Å². The molecule has 172 valence electrons. The zero-order valence-electron chi connectivity index (χ0n) is 19.2. The highest BCUT2D eigenvalue weighted by atomic mass is 16.8. The maximum Gasteiger partial charge on any atom is 0.224 e. The van der Waals surface area contributed by atoms with E-state index in [1.807, 2.05) is 0 Å². The number of unbranched alkanes of at least 4 members (excludes halogenated alkanes) is 1. The van der Waals surface area contributed by atoms with Crippen molar-refractivity contribution in [3.63, 3.8) is 0 Å². The van der Waals surface area contributed by atoms with E-state index in [-0.39, 0.29) is 18.3 Å². The maximum atomic E-state index is 6.92. The number of benzene rings is 2. The molecule has 0 saturated carbocycles. The fraction of sp³-hybridized carbons (Fsp3) is 0.571. The molecule has 3 heterocycles. The number of hydrogen-bond donors (Lipinski definition) is 0. The number of ether oxygens (including phenoxy) is 4. The SMILES string of the molecule is CCCC[C@@H]1CO[C@]2(CCC[C@@H](c3ccccc3)O2)[C@@]2(CCC[C@@H](c3ccccc3)O2)O1. The number of fused-ring (bicyclic) bond motifs is 1. The van der Waals surface area contributed by atoms with E-state index in [1.54, 1.807) is 0 Å². The van der Waals surface area contributed by atoms with Crippen LogP contribution in [0.25, 0.3) is 0 Å². The Labute approximate surface area is 192 Å². The van der Waals surface area contributed by atoms with Gasteiger partial charge in [0, 0.05) is 12.8 Å². The second kappa shape index (κ2) is 9.64. The fourth-order valence-corrected chi connectivity index (χ4v) is 5.60.